The summed E-state index contributed by atoms with van der Waals surface area (Å²) in [4.78, 5) is 17.4. The second-order valence-electron chi connectivity index (χ2n) is 7.47. The van der Waals surface area contributed by atoms with Gasteiger partial charge in [-0.25, -0.2) is 0 Å². The lowest BCUT2D eigenvalue weighted by Gasteiger charge is -2.42. The molecule has 0 saturated carbocycles. The molecule has 2 aliphatic rings. The summed E-state index contributed by atoms with van der Waals surface area (Å²) in [5.74, 6) is 0.800. The predicted octanol–water partition coefficient (Wildman–Crippen LogP) is 3.86. The lowest BCUT2D eigenvalue weighted by atomic mass is 9.95. The van der Waals surface area contributed by atoms with Crippen LogP contribution < -0.4 is 0 Å². The van der Waals surface area contributed by atoms with Crippen LogP contribution in [-0.4, -0.2) is 40.9 Å². The molecule has 1 amide bonds. The predicted molar refractivity (Wildman–Crippen MR) is 97.4 cm³/mol. The Morgan fingerprint density at radius 3 is 2.44 bits per heavy atom. The summed E-state index contributed by atoms with van der Waals surface area (Å²) >= 11 is 0. The van der Waals surface area contributed by atoms with Gasteiger partial charge in [-0.2, -0.15) is 0 Å². The first-order valence-corrected chi connectivity index (χ1v) is 9.24. The van der Waals surface area contributed by atoms with Gasteiger partial charge in [-0.15, -0.1) is 0 Å². The maximum absolute atomic E-state index is 12.8. The van der Waals surface area contributed by atoms with Crippen molar-refractivity contribution in [1.82, 2.24) is 9.80 Å². The summed E-state index contributed by atoms with van der Waals surface area (Å²) in [6.45, 7) is 2.88. The van der Waals surface area contributed by atoms with Crippen LogP contribution in [0.4, 0.5) is 0 Å². The summed E-state index contributed by atoms with van der Waals surface area (Å²) in [6.07, 6.45) is 6.25. The molecule has 2 saturated heterocycles. The number of aryl methyl sites for hydroxylation is 1. The van der Waals surface area contributed by atoms with Crippen molar-refractivity contribution >= 4 is 5.91 Å². The second-order valence-corrected chi connectivity index (χ2v) is 7.47. The molecule has 0 radical (unpaired) electrons. The van der Waals surface area contributed by atoms with E-state index in [9.17, 15) is 4.79 Å². The quantitative estimate of drug-likeness (QED) is 0.849. The molecular weight excluding hydrogens is 312 g/mol. The van der Waals surface area contributed by atoms with Gasteiger partial charge in [0.15, 0.2) is 0 Å². The number of hydrogen-bond donors (Lipinski definition) is 0. The highest BCUT2D eigenvalue weighted by Crippen LogP contribution is 2.38. The summed E-state index contributed by atoms with van der Waals surface area (Å²) in [5.41, 5.74) is 2.08. The topological polar surface area (TPSA) is 36.7 Å². The highest BCUT2D eigenvalue weighted by atomic mass is 16.3. The number of fused-ring (bicyclic) bond motifs is 2. The molecule has 4 rings (SSSR count). The van der Waals surface area contributed by atoms with E-state index in [4.69, 9.17) is 4.42 Å². The van der Waals surface area contributed by atoms with E-state index < -0.39 is 0 Å². The molecule has 25 heavy (non-hydrogen) atoms. The van der Waals surface area contributed by atoms with Crippen molar-refractivity contribution in [3.8, 4) is 0 Å². The average molecular weight is 338 g/mol. The number of carbonyl (C=O) groups excluding carboxylic acids is 1. The van der Waals surface area contributed by atoms with E-state index in [0.717, 1.165) is 19.4 Å². The van der Waals surface area contributed by atoms with Gasteiger partial charge in [0.05, 0.1) is 11.8 Å². The first kappa shape index (κ1) is 16.4. The molecule has 2 unspecified atom stereocenters. The first-order chi connectivity index (χ1) is 12.1. The van der Waals surface area contributed by atoms with Gasteiger partial charge in [0.1, 0.15) is 5.76 Å². The zero-order valence-corrected chi connectivity index (χ0v) is 15.0. The summed E-state index contributed by atoms with van der Waals surface area (Å²) < 4.78 is 5.31. The van der Waals surface area contributed by atoms with Gasteiger partial charge < -0.3 is 9.32 Å². The van der Waals surface area contributed by atoms with Gasteiger partial charge in [-0.1, -0.05) is 30.3 Å². The Morgan fingerprint density at radius 2 is 1.84 bits per heavy atom. The third kappa shape index (κ3) is 3.11. The highest BCUT2D eigenvalue weighted by molar-refractivity contribution is 5.95. The molecule has 1 aromatic heterocycles. The Kier molecular flexibility index (Phi) is 4.38. The van der Waals surface area contributed by atoms with Gasteiger partial charge in [0.25, 0.3) is 5.91 Å². The van der Waals surface area contributed by atoms with Crippen molar-refractivity contribution in [3.63, 3.8) is 0 Å². The Morgan fingerprint density at radius 1 is 1.16 bits per heavy atom. The summed E-state index contributed by atoms with van der Waals surface area (Å²) in [6, 6.07) is 14.0. The zero-order valence-electron chi connectivity index (χ0n) is 15.0. The number of rotatable bonds is 4. The van der Waals surface area contributed by atoms with E-state index in [1.807, 2.05) is 18.9 Å². The van der Waals surface area contributed by atoms with Crippen LogP contribution in [0.2, 0.25) is 0 Å². The number of piperidine rings is 1. The Bertz CT molecular complexity index is 725. The molecule has 0 N–H and O–H groups in total. The smallest absolute Gasteiger partial charge is 0.257 e. The Balaban J connectivity index is 1.44. The Hall–Kier alpha value is -2.07. The van der Waals surface area contributed by atoms with E-state index in [0.29, 0.717) is 29.4 Å². The van der Waals surface area contributed by atoms with E-state index in [1.54, 1.807) is 12.3 Å². The standard InChI is InChI=1S/C21H26N2O2/c1-15-20(10-11-25-15)21(24)22(2)19-12-17-8-9-18(13-19)23(17)14-16-6-4-3-5-7-16/h3-7,10-11,17-19H,8-9,12-14H2,1-2H3. The number of hydrogen-bond acceptors (Lipinski definition) is 3. The van der Waals surface area contributed by atoms with Crippen molar-refractivity contribution < 1.29 is 9.21 Å². The molecule has 2 fully saturated rings. The molecule has 132 valence electrons. The highest BCUT2D eigenvalue weighted by Gasteiger charge is 2.42. The molecule has 2 aliphatic heterocycles. The first-order valence-electron chi connectivity index (χ1n) is 9.24. The number of nitrogens with zero attached hydrogens (tertiary/aromatic N) is 2. The number of benzene rings is 1. The van der Waals surface area contributed by atoms with Gasteiger partial charge in [0.2, 0.25) is 0 Å². The third-order valence-corrected chi connectivity index (χ3v) is 6.02. The molecule has 4 heteroatoms. The van der Waals surface area contributed by atoms with Gasteiger partial charge in [-0.3, -0.25) is 9.69 Å². The van der Waals surface area contributed by atoms with Crippen molar-refractivity contribution in [3.05, 3.63) is 59.5 Å². The van der Waals surface area contributed by atoms with Crippen molar-refractivity contribution in [1.29, 1.82) is 0 Å². The molecule has 1 aromatic carbocycles. The average Bonchev–Trinajstić information content (AvgIpc) is 3.14. The van der Waals surface area contributed by atoms with Gasteiger partial charge >= 0.3 is 0 Å². The van der Waals surface area contributed by atoms with Crippen molar-refractivity contribution in [2.45, 2.75) is 57.3 Å². The molecule has 0 aliphatic carbocycles. The Labute approximate surface area is 149 Å². The van der Waals surface area contributed by atoms with E-state index in [-0.39, 0.29) is 5.91 Å². The summed E-state index contributed by atoms with van der Waals surface area (Å²) in [7, 11) is 1.95. The molecule has 2 aromatic rings. The van der Waals surface area contributed by atoms with E-state index >= 15 is 0 Å². The fourth-order valence-corrected chi connectivity index (χ4v) is 4.58. The minimum atomic E-state index is 0.0900. The SMILES string of the molecule is Cc1occc1C(=O)N(C)C1CC2CCC(C1)N2Cc1ccccc1. The fourth-order valence-electron chi connectivity index (χ4n) is 4.58. The normalized spacial score (nSPS) is 25.9. The molecular formula is C21H26N2O2. The molecule has 0 spiro atoms. The molecule has 3 heterocycles. The minimum Gasteiger partial charge on any atom is -0.469 e. The van der Waals surface area contributed by atoms with Crippen LogP contribution in [0.1, 0.15) is 47.4 Å². The van der Waals surface area contributed by atoms with E-state index in [1.165, 1.54) is 18.4 Å². The lowest BCUT2D eigenvalue weighted by Crippen LogP contribution is -2.50. The largest absolute Gasteiger partial charge is 0.469 e. The fraction of sp³-hybridized carbons (Fsp3) is 0.476. The van der Waals surface area contributed by atoms with Crippen LogP contribution in [-0.2, 0) is 6.54 Å². The minimum absolute atomic E-state index is 0.0900. The van der Waals surface area contributed by atoms with Gasteiger partial charge in [0, 0.05) is 31.7 Å². The van der Waals surface area contributed by atoms with Crippen LogP contribution in [0.3, 0.4) is 0 Å². The van der Waals surface area contributed by atoms with Gasteiger partial charge in [-0.05, 0) is 44.2 Å². The van der Waals surface area contributed by atoms with Crippen LogP contribution in [0, 0.1) is 6.92 Å². The maximum Gasteiger partial charge on any atom is 0.257 e. The number of carbonyl (C=O) groups is 1. The molecule has 2 bridgehead atoms. The number of amides is 1. The van der Waals surface area contributed by atoms with Crippen molar-refractivity contribution in [2.75, 3.05) is 7.05 Å². The van der Waals surface area contributed by atoms with Crippen LogP contribution in [0.5, 0.6) is 0 Å². The second kappa shape index (κ2) is 6.68. The van der Waals surface area contributed by atoms with E-state index in [2.05, 4.69) is 35.2 Å². The number of furan rings is 1. The van der Waals surface area contributed by atoms with Crippen LogP contribution in [0.25, 0.3) is 0 Å². The van der Waals surface area contributed by atoms with Crippen LogP contribution >= 0.6 is 0 Å². The summed E-state index contributed by atoms with van der Waals surface area (Å²) in [5, 5.41) is 0. The van der Waals surface area contributed by atoms with Crippen LogP contribution in [0.15, 0.2) is 47.1 Å². The zero-order chi connectivity index (χ0) is 17.4. The third-order valence-electron chi connectivity index (χ3n) is 6.02. The molecule has 2 atom stereocenters. The lowest BCUT2D eigenvalue weighted by molar-refractivity contribution is 0.0476. The maximum atomic E-state index is 12.8. The molecule has 4 nitrogen and oxygen atoms in total. The monoisotopic (exact) mass is 338 g/mol. The van der Waals surface area contributed by atoms with Crippen molar-refractivity contribution in [2.24, 2.45) is 0 Å².